The Morgan fingerprint density at radius 3 is 2.75 bits per heavy atom. The molecule has 2 rings (SSSR count). The molecule has 24 heavy (non-hydrogen) atoms. The number of nitrogens with one attached hydrogen (secondary N) is 2. The largest absolute Gasteiger partial charge is 0.373 e. The van der Waals surface area contributed by atoms with E-state index in [1.807, 2.05) is 27.0 Å². The normalized spacial score (nSPS) is 23.0. The van der Waals surface area contributed by atoms with Crippen molar-refractivity contribution < 1.29 is 9.53 Å². The number of hydrogen-bond acceptors (Lipinski definition) is 4. The number of rotatable bonds is 6. The van der Waals surface area contributed by atoms with Crippen LogP contribution in [-0.4, -0.2) is 77.5 Å². The van der Waals surface area contributed by atoms with E-state index in [0.29, 0.717) is 6.54 Å². The van der Waals surface area contributed by atoms with Gasteiger partial charge in [-0.15, -0.1) is 0 Å². The number of aryl methyl sites for hydroxylation is 1. The maximum Gasteiger partial charge on any atom is 0.317 e. The molecule has 0 aromatic carbocycles. The average molecular weight is 337 g/mol. The number of nitrogens with zero attached hydrogens (tertiary/aromatic N) is 3. The molecule has 0 radical (unpaired) electrons. The molecule has 7 heteroatoms. The number of H-pyrrole nitrogens is 1. The van der Waals surface area contributed by atoms with Crippen molar-refractivity contribution in [2.75, 3.05) is 33.2 Å². The van der Waals surface area contributed by atoms with Gasteiger partial charge in [-0.3, -0.25) is 10.00 Å². The van der Waals surface area contributed by atoms with E-state index in [1.165, 1.54) is 0 Å². The summed E-state index contributed by atoms with van der Waals surface area (Å²) in [6.07, 6.45) is 1.23. The van der Waals surface area contributed by atoms with Crippen molar-refractivity contribution in [3.05, 3.63) is 17.5 Å². The fraction of sp³-hybridized carbons (Fsp3) is 0.765. The number of ether oxygens (including phenoxy) is 1. The zero-order valence-electron chi connectivity index (χ0n) is 15.5. The molecule has 2 heterocycles. The lowest BCUT2D eigenvalue weighted by atomic mass is 10.2. The third-order valence-corrected chi connectivity index (χ3v) is 4.24. The highest BCUT2D eigenvalue weighted by Gasteiger charge is 2.22. The fourth-order valence-corrected chi connectivity index (χ4v) is 3.12. The van der Waals surface area contributed by atoms with E-state index in [0.717, 1.165) is 37.4 Å². The summed E-state index contributed by atoms with van der Waals surface area (Å²) in [5, 5.41) is 10.2. The monoisotopic (exact) mass is 337 g/mol. The predicted molar refractivity (Wildman–Crippen MR) is 94.1 cm³/mol. The molecule has 7 nitrogen and oxygen atoms in total. The van der Waals surface area contributed by atoms with Gasteiger partial charge in [-0.2, -0.15) is 5.10 Å². The quantitative estimate of drug-likeness (QED) is 0.823. The molecule has 1 fully saturated rings. The Morgan fingerprint density at radius 2 is 2.17 bits per heavy atom. The van der Waals surface area contributed by atoms with Gasteiger partial charge in [0.05, 0.1) is 17.9 Å². The summed E-state index contributed by atoms with van der Waals surface area (Å²) in [5.74, 6) is 0. The van der Waals surface area contributed by atoms with E-state index in [-0.39, 0.29) is 24.3 Å². The van der Waals surface area contributed by atoms with Crippen LogP contribution in [0.2, 0.25) is 0 Å². The van der Waals surface area contributed by atoms with E-state index in [9.17, 15) is 4.79 Å². The van der Waals surface area contributed by atoms with E-state index < -0.39 is 0 Å². The molecule has 1 aliphatic heterocycles. The molecular weight excluding hydrogens is 306 g/mol. The number of urea groups is 1. The first-order valence-electron chi connectivity index (χ1n) is 8.73. The van der Waals surface area contributed by atoms with Crippen molar-refractivity contribution in [3.8, 4) is 0 Å². The summed E-state index contributed by atoms with van der Waals surface area (Å²) >= 11 is 0. The Hall–Kier alpha value is -1.60. The summed E-state index contributed by atoms with van der Waals surface area (Å²) in [4.78, 5) is 16.4. The Morgan fingerprint density at radius 1 is 1.50 bits per heavy atom. The molecule has 0 bridgehead atoms. The van der Waals surface area contributed by atoms with Crippen LogP contribution in [0.25, 0.3) is 0 Å². The number of carbonyl (C=O) groups is 1. The van der Waals surface area contributed by atoms with Gasteiger partial charge in [-0.25, -0.2) is 4.79 Å². The van der Waals surface area contributed by atoms with Crippen LogP contribution in [0.4, 0.5) is 4.79 Å². The van der Waals surface area contributed by atoms with Gasteiger partial charge in [0.2, 0.25) is 0 Å². The minimum absolute atomic E-state index is 0.0379. The Bertz CT molecular complexity index is 523. The van der Waals surface area contributed by atoms with Gasteiger partial charge >= 0.3 is 6.03 Å². The molecule has 0 spiro atoms. The molecule has 136 valence electrons. The molecule has 1 saturated heterocycles. The third-order valence-electron chi connectivity index (χ3n) is 4.24. The van der Waals surface area contributed by atoms with E-state index in [1.54, 1.807) is 4.90 Å². The van der Waals surface area contributed by atoms with Crippen molar-refractivity contribution in [3.63, 3.8) is 0 Å². The minimum atomic E-state index is -0.0379. The molecule has 2 N–H and O–H groups in total. The molecule has 1 aliphatic rings. The molecule has 1 aromatic rings. The second-order valence-electron chi connectivity index (χ2n) is 7.04. The lowest BCUT2D eigenvalue weighted by Crippen LogP contribution is -2.49. The average Bonchev–Trinajstić information content (AvgIpc) is 2.88. The number of hydrogen-bond donors (Lipinski definition) is 2. The number of aromatic nitrogens is 2. The van der Waals surface area contributed by atoms with Crippen molar-refractivity contribution in [2.45, 2.75) is 52.4 Å². The highest BCUT2D eigenvalue weighted by Crippen LogP contribution is 2.10. The Kier molecular flexibility index (Phi) is 6.62. The zero-order valence-corrected chi connectivity index (χ0v) is 15.5. The standard InChI is InChI=1S/C17H31N5O2/c1-12(8-16-9-13(2)19-20-16)18-17(23)21(5)6-7-22-10-14(3)24-15(4)11-22/h9,12,14-15H,6-8,10-11H2,1-5H3,(H,18,23)(H,19,20)/t12?,14-,15+. The van der Waals surface area contributed by atoms with Gasteiger partial charge in [0.25, 0.3) is 0 Å². The van der Waals surface area contributed by atoms with Gasteiger partial charge in [-0.05, 0) is 33.8 Å². The van der Waals surface area contributed by atoms with Crippen molar-refractivity contribution in [2.24, 2.45) is 0 Å². The number of amides is 2. The summed E-state index contributed by atoms with van der Waals surface area (Å²) in [7, 11) is 1.84. The Labute approximate surface area is 144 Å². The molecule has 1 unspecified atom stereocenters. The van der Waals surface area contributed by atoms with Crippen LogP contribution in [-0.2, 0) is 11.2 Å². The van der Waals surface area contributed by atoms with Gasteiger partial charge in [0, 0.05) is 51.4 Å². The smallest absolute Gasteiger partial charge is 0.317 e. The molecular formula is C17H31N5O2. The van der Waals surface area contributed by atoms with Crippen molar-refractivity contribution >= 4 is 6.03 Å². The van der Waals surface area contributed by atoms with E-state index >= 15 is 0 Å². The first-order valence-corrected chi connectivity index (χ1v) is 8.73. The summed E-state index contributed by atoms with van der Waals surface area (Å²) < 4.78 is 5.74. The fourth-order valence-electron chi connectivity index (χ4n) is 3.12. The van der Waals surface area contributed by atoms with Gasteiger partial charge in [0.15, 0.2) is 0 Å². The number of morpholine rings is 1. The van der Waals surface area contributed by atoms with Gasteiger partial charge in [0.1, 0.15) is 0 Å². The van der Waals surface area contributed by atoms with Crippen LogP contribution in [0.15, 0.2) is 6.07 Å². The number of likely N-dealkylation sites (N-methyl/N-ethyl adjacent to an activating group) is 1. The summed E-state index contributed by atoms with van der Waals surface area (Å²) in [5.41, 5.74) is 2.01. The lowest BCUT2D eigenvalue weighted by Gasteiger charge is -2.36. The number of aromatic amines is 1. The highest BCUT2D eigenvalue weighted by atomic mass is 16.5. The second kappa shape index (κ2) is 8.48. The van der Waals surface area contributed by atoms with E-state index in [4.69, 9.17) is 4.74 Å². The SMILES string of the molecule is Cc1cc(CC(C)NC(=O)N(C)CCN2C[C@@H](C)O[C@@H](C)C2)n[nH]1. The third kappa shape index (κ3) is 5.79. The topological polar surface area (TPSA) is 73.5 Å². The first kappa shape index (κ1) is 18.7. The zero-order chi connectivity index (χ0) is 17.7. The van der Waals surface area contributed by atoms with Crippen LogP contribution in [0.5, 0.6) is 0 Å². The highest BCUT2D eigenvalue weighted by molar-refractivity contribution is 5.74. The van der Waals surface area contributed by atoms with Crippen LogP contribution in [0.1, 0.15) is 32.2 Å². The minimum Gasteiger partial charge on any atom is -0.373 e. The molecule has 0 aliphatic carbocycles. The van der Waals surface area contributed by atoms with Crippen LogP contribution in [0, 0.1) is 6.92 Å². The molecule has 2 amide bonds. The number of carbonyl (C=O) groups excluding carboxylic acids is 1. The van der Waals surface area contributed by atoms with Crippen LogP contribution in [0.3, 0.4) is 0 Å². The van der Waals surface area contributed by atoms with E-state index in [2.05, 4.69) is 34.3 Å². The maximum atomic E-state index is 12.3. The second-order valence-corrected chi connectivity index (χ2v) is 7.04. The van der Waals surface area contributed by atoms with Gasteiger partial charge in [-0.1, -0.05) is 0 Å². The van der Waals surface area contributed by atoms with Crippen LogP contribution < -0.4 is 5.32 Å². The molecule has 1 aromatic heterocycles. The first-order chi connectivity index (χ1) is 11.3. The van der Waals surface area contributed by atoms with Gasteiger partial charge < -0.3 is 15.0 Å². The molecule has 0 saturated carbocycles. The van der Waals surface area contributed by atoms with Crippen LogP contribution >= 0.6 is 0 Å². The maximum absolute atomic E-state index is 12.3. The molecule has 3 atom stereocenters. The van der Waals surface area contributed by atoms with Crippen molar-refractivity contribution in [1.82, 2.24) is 25.3 Å². The summed E-state index contributed by atoms with van der Waals surface area (Å²) in [6, 6.07) is 2.02. The van der Waals surface area contributed by atoms with Crippen molar-refractivity contribution in [1.29, 1.82) is 0 Å². The predicted octanol–water partition coefficient (Wildman–Crippen LogP) is 1.40. The summed E-state index contributed by atoms with van der Waals surface area (Å²) in [6.45, 7) is 11.6. The lowest BCUT2D eigenvalue weighted by molar-refractivity contribution is -0.0684. The Balaban J connectivity index is 1.71.